The van der Waals surface area contributed by atoms with E-state index in [-0.39, 0.29) is 5.92 Å². The highest BCUT2D eigenvalue weighted by atomic mass is 14.4. The highest BCUT2D eigenvalue weighted by molar-refractivity contribution is 5.19. The van der Waals surface area contributed by atoms with Crippen LogP contribution in [0.3, 0.4) is 0 Å². The molecule has 0 bridgehead atoms. The molecule has 1 fully saturated rings. The van der Waals surface area contributed by atoms with Crippen molar-refractivity contribution in [1.82, 2.24) is 0 Å². The van der Waals surface area contributed by atoms with Gasteiger partial charge in [-0.15, -0.1) is 0 Å². The Morgan fingerprint density at radius 3 is 2.62 bits per heavy atom. The van der Waals surface area contributed by atoms with Gasteiger partial charge < -0.3 is 0 Å². The molecule has 0 heterocycles. The van der Waals surface area contributed by atoms with E-state index in [1.165, 1.54) is 50.5 Å². The van der Waals surface area contributed by atoms with Crippen LogP contribution in [-0.2, 0) is 0 Å². The van der Waals surface area contributed by atoms with Gasteiger partial charge in [0.25, 0.3) is 0 Å². The summed E-state index contributed by atoms with van der Waals surface area (Å²) >= 11 is 0. The summed E-state index contributed by atoms with van der Waals surface area (Å²) in [5.41, 5.74) is 1.45. The van der Waals surface area contributed by atoms with Crippen molar-refractivity contribution in [3.8, 4) is 6.07 Å². The van der Waals surface area contributed by atoms with Gasteiger partial charge in [-0.2, -0.15) is 5.26 Å². The Hall–Kier alpha value is -0.770. The van der Waals surface area contributed by atoms with Crippen LogP contribution in [-0.4, -0.2) is 0 Å². The van der Waals surface area contributed by atoms with Crippen LogP contribution in [0.4, 0.5) is 0 Å². The summed E-state index contributed by atoms with van der Waals surface area (Å²) in [6.45, 7) is 0. The van der Waals surface area contributed by atoms with E-state index in [1.54, 1.807) is 0 Å². The molecule has 1 atom stereocenters. The maximum atomic E-state index is 9.16. The number of hydrogen-bond acceptors (Lipinski definition) is 1. The van der Waals surface area contributed by atoms with Crippen LogP contribution in [0.25, 0.3) is 0 Å². The van der Waals surface area contributed by atoms with Crippen molar-refractivity contribution in [1.29, 1.82) is 5.26 Å². The molecule has 0 aromatic rings. The second-order valence-electron chi connectivity index (χ2n) is 4.32. The van der Waals surface area contributed by atoms with Gasteiger partial charge in [-0.25, -0.2) is 0 Å². The molecule has 13 heavy (non-hydrogen) atoms. The highest BCUT2D eigenvalue weighted by Gasteiger charge is 2.28. The molecule has 0 aromatic carbocycles. The predicted octanol–water partition coefficient (Wildman–Crippen LogP) is 3.43. The summed E-state index contributed by atoms with van der Waals surface area (Å²) in [7, 11) is 0. The normalized spacial score (nSPS) is 25.6. The van der Waals surface area contributed by atoms with Gasteiger partial charge >= 0.3 is 0 Å². The quantitative estimate of drug-likeness (QED) is 0.590. The maximum absolute atomic E-state index is 9.16. The lowest BCUT2D eigenvalue weighted by Crippen LogP contribution is -2.11. The first-order valence-electron chi connectivity index (χ1n) is 5.50. The summed E-state index contributed by atoms with van der Waals surface area (Å²) in [5.74, 6) is 0.958. The third kappa shape index (κ3) is 1.77. The smallest absolute Gasteiger partial charge is 0.0703 e. The minimum atomic E-state index is 0.269. The molecule has 2 aliphatic carbocycles. The lowest BCUT2D eigenvalue weighted by molar-refractivity contribution is 0.454. The van der Waals surface area contributed by atoms with Crippen molar-refractivity contribution < 1.29 is 0 Å². The third-order valence-corrected chi connectivity index (χ3v) is 3.49. The summed E-state index contributed by atoms with van der Waals surface area (Å²) in [4.78, 5) is 0. The van der Waals surface area contributed by atoms with Gasteiger partial charge in [0.1, 0.15) is 0 Å². The summed E-state index contributed by atoms with van der Waals surface area (Å²) in [6, 6.07) is 2.52. The second kappa shape index (κ2) is 3.96. The standard InChI is InChI=1S/C12H17N/c13-9-12(10-5-1-2-6-10)11-7-3-4-8-11/h5,11-12H,1-4,6-8H2. The van der Waals surface area contributed by atoms with Crippen molar-refractivity contribution in [2.24, 2.45) is 11.8 Å². The Morgan fingerprint density at radius 1 is 1.31 bits per heavy atom. The van der Waals surface area contributed by atoms with Crippen LogP contribution in [0.1, 0.15) is 44.9 Å². The summed E-state index contributed by atoms with van der Waals surface area (Å²) in [5, 5.41) is 9.16. The average Bonchev–Trinajstić information content (AvgIpc) is 2.76. The number of allylic oxidation sites excluding steroid dienone is 2. The van der Waals surface area contributed by atoms with E-state index in [1.807, 2.05) is 0 Å². The number of hydrogen-bond donors (Lipinski definition) is 0. The van der Waals surface area contributed by atoms with Crippen molar-refractivity contribution in [3.63, 3.8) is 0 Å². The van der Waals surface area contributed by atoms with Crippen LogP contribution < -0.4 is 0 Å². The van der Waals surface area contributed by atoms with Crippen LogP contribution in [0, 0.1) is 23.2 Å². The first-order valence-corrected chi connectivity index (χ1v) is 5.50. The largest absolute Gasteiger partial charge is 0.198 e. The van der Waals surface area contributed by atoms with E-state index in [9.17, 15) is 0 Å². The van der Waals surface area contributed by atoms with E-state index in [4.69, 9.17) is 5.26 Å². The summed E-state index contributed by atoms with van der Waals surface area (Å²) in [6.07, 6.45) is 11.2. The van der Waals surface area contributed by atoms with Crippen LogP contribution >= 0.6 is 0 Å². The molecular weight excluding hydrogens is 158 g/mol. The molecule has 2 rings (SSSR count). The zero-order valence-electron chi connectivity index (χ0n) is 8.13. The van der Waals surface area contributed by atoms with Crippen LogP contribution in [0.2, 0.25) is 0 Å². The maximum Gasteiger partial charge on any atom is 0.0703 e. The van der Waals surface area contributed by atoms with Crippen molar-refractivity contribution in [3.05, 3.63) is 11.6 Å². The third-order valence-electron chi connectivity index (χ3n) is 3.49. The molecule has 70 valence electrons. The molecule has 0 amide bonds. The first kappa shape index (κ1) is 8.81. The molecule has 1 heteroatoms. The lowest BCUT2D eigenvalue weighted by Gasteiger charge is -2.17. The topological polar surface area (TPSA) is 23.8 Å². The molecule has 1 saturated carbocycles. The van der Waals surface area contributed by atoms with Crippen molar-refractivity contribution >= 4 is 0 Å². The molecular formula is C12H17N. The molecule has 2 aliphatic rings. The second-order valence-corrected chi connectivity index (χ2v) is 4.32. The zero-order valence-corrected chi connectivity index (χ0v) is 8.13. The number of rotatable bonds is 2. The van der Waals surface area contributed by atoms with E-state index in [2.05, 4.69) is 12.1 Å². The Morgan fingerprint density at radius 2 is 2.08 bits per heavy atom. The van der Waals surface area contributed by atoms with E-state index >= 15 is 0 Å². The SMILES string of the molecule is N#CC(C1=CCCC1)C1CCCC1. The zero-order chi connectivity index (χ0) is 9.10. The fourth-order valence-electron chi connectivity index (χ4n) is 2.76. The van der Waals surface area contributed by atoms with Gasteiger partial charge in [0, 0.05) is 0 Å². The fourth-order valence-corrected chi connectivity index (χ4v) is 2.76. The van der Waals surface area contributed by atoms with Crippen molar-refractivity contribution in [2.75, 3.05) is 0 Å². The van der Waals surface area contributed by atoms with Gasteiger partial charge in [-0.05, 0) is 38.0 Å². The molecule has 0 N–H and O–H groups in total. The average molecular weight is 175 g/mol. The van der Waals surface area contributed by atoms with Gasteiger partial charge in [-0.3, -0.25) is 0 Å². The minimum absolute atomic E-state index is 0.269. The molecule has 0 aliphatic heterocycles. The van der Waals surface area contributed by atoms with E-state index < -0.39 is 0 Å². The predicted molar refractivity (Wildman–Crippen MR) is 53.0 cm³/mol. The van der Waals surface area contributed by atoms with Crippen LogP contribution in [0.5, 0.6) is 0 Å². The molecule has 1 unspecified atom stereocenters. The minimum Gasteiger partial charge on any atom is -0.198 e. The van der Waals surface area contributed by atoms with E-state index in [0.717, 1.165) is 0 Å². The van der Waals surface area contributed by atoms with Gasteiger partial charge in [-0.1, -0.05) is 24.5 Å². The Kier molecular flexibility index (Phi) is 2.68. The molecule has 0 saturated heterocycles. The van der Waals surface area contributed by atoms with Crippen LogP contribution in [0.15, 0.2) is 11.6 Å². The fraction of sp³-hybridized carbons (Fsp3) is 0.750. The van der Waals surface area contributed by atoms with Gasteiger partial charge in [0.2, 0.25) is 0 Å². The Labute approximate surface area is 80.4 Å². The molecule has 0 spiro atoms. The molecule has 0 radical (unpaired) electrons. The Bertz CT molecular complexity index is 240. The number of nitriles is 1. The van der Waals surface area contributed by atoms with Gasteiger partial charge in [0.05, 0.1) is 12.0 Å². The van der Waals surface area contributed by atoms with Crippen molar-refractivity contribution in [2.45, 2.75) is 44.9 Å². The Balaban J connectivity index is 2.04. The first-order chi connectivity index (χ1) is 6.42. The number of nitrogens with zero attached hydrogens (tertiary/aromatic N) is 1. The lowest BCUT2D eigenvalue weighted by atomic mass is 9.85. The van der Waals surface area contributed by atoms with Gasteiger partial charge in [0.15, 0.2) is 0 Å². The monoisotopic (exact) mass is 175 g/mol. The molecule has 1 nitrogen and oxygen atoms in total. The van der Waals surface area contributed by atoms with E-state index in [0.29, 0.717) is 5.92 Å². The summed E-state index contributed by atoms with van der Waals surface area (Å²) < 4.78 is 0. The molecule has 0 aromatic heterocycles. The highest BCUT2D eigenvalue weighted by Crippen LogP contribution is 2.38.